The van der Waals surface area contributed by atoms with Crippen molar-refractivity contribution in [2.45, 2.75) is 19.5 Å². The van der Waals surface area contributed by atoms with Crippen LogP contribution >= 0.6 is 23.2 Å². The quantitative estimate of drug-likeness (QED) is 0.891. The molecule has 0 aliphatic rings. The summed E-state index contributed by atoms with van der Waals surface area (Å²) in [5, 5.41) is 11.3. The maximum Gasteiger partial charge on any atom is 0.0595 e. The lowest BCUT2D eigenvalue weighted by Gasteiger charge is -2.12. The molecule has 0 radical (unpaired) electrons. The van der Waals surface area contributed by atoms with E-state index in [1.807, 2.05) is 30.6 Å². The van der Waals surface area contributed by atoms with Crippen LogP contribution < -0.4 is 5.32 Å². The second-order valence-corrected chi connectivity index (χ2v) is 4.70. The smallest absolute Gasteiger partial charge is 0.0595 e. The third-order valence-corrected chi connectivity index (χ3v) is 3.35. The molecule has 0 saturated carbocycles. The van der Waals surface area contributed by atoms with Crippen molar-refractivity contribution in [1.29, 1.82) is 0 Å². The zero-order valence-corrected chi connectivity index (χ0v) is 10.9. The molecule has 2 N–H and O–H groups in total. The number of aromatic nitrogens is 2. The minimum atomic E-state index is 0.239. The van der Waals surface area contributed by atoms with Crippen molar-refractivity contribution in [2.24, 2.45) is 0 Å². The summed E-state index contributed by atoms with van der Waals surface area (Å²) < 4.78 is 0. The first-order chi connectivity index (χ1) is 8.16. The molecule has 1 heterocycles. The molecule has 0 saturated heterocycles. The molecule has 1 unspecified atom stereocenters. The highest BCUT2D eigenvalue weighted by molar-refractivity contribution is 6.42. The summed E-state index contributed by atoms with van der Waals surface area (Å²) in [6.07, 6.45) is 3.69. The highest BCUT2D eigenvalue weighted by Crippen LogP contribution is 2.22. The number of aromatic amines is 1. The minimum absolute atomic E-state index is 0.239. The van der Waals surface area contributed by atoms with Crippen molar-refractivity contribution >= 4 is 23.2 Å². The number of rotatable bonds is 4. The first kappa shape index (κ1) is 12.4. The van der Waals surface area contributed by atoms with Crippen molar-refractivity contribution < 1.29 is 0 Å². The number of benzene rings is 1. The molecule has 0 fully saturated rings. The van der Waals surface area contributed by atoms with Gasteiger partial charge in [-0.1, -0.05) is 29.3 Å². The monoisotopic (exact) mass is 269 g/mol. The van der Waals surface area contributed by atoms with Crippen molar-refractivity contribution in [3.8, 4) is 0 Å². The molecule has 1 aromatic carbocycles. The van der Waals surface area contributed by atoms with Gasteiger partial charge in [0.15, 0.2) is 0 Å². The lowest BCUT2D eigenvalue weighted by molar-refractivity contribution is 0.575. The predicted molar refractivity (Wildman–Crippen MR) is 70.3 cm³/mol. The van der Waals surface area contributed by atoms with Crippen LogP contribution in [0.5, 0.6) is 0 Å². The van der Waals surface area contributed by atoms with E-state index in [9.17, 15) is 0 Å². The molecule has 0 amide bonds. The highest BCUT2D eigenvalue weighted by Gasteiger charge is 2.06. The van der Waals surface area contributed by atoms with Crippen LogP contribution in [0.2, 0.25) is 10.0 Å². The van der Waals surface area contributed by atoms with Crippen molar-refractivity contribution in [1.82, 2.24) is 15.5 Å². The number of hydrogen-bond acceptors (Lipinski definition) is 2. The summed E-state index contributed by atoms with van der Waals surface area (Å²) in [5.41, 5.74) is 2.24. The number of nitrogens with one attached hydrogen (secondary N) is 2. The summed E-state index contributed by atoms with van der Waals surface area (Å²) in [6.45, 7) is 2.83. The normalized spacial score (nSPS) is 12.6. The second kappa shape index (κ2) is 5.54. The summed E-state index contributed by atoms with van der Waals surface area (Å²) >= 11 is 11.8. The largest absolute Gasteiger partial charge is 0.306 e. The van der Waals surface area contributed by atoms with Crippen molar-refractivity contribution in [2.75, 3.05) is 0 Å². The summed E-state index contributed by atoms with van der Waals surface area (Å²) in [4.78, 5) is 0. The molecule has 1 aromatic heterocycles. The third-order valence-electron chi connectivity index (χ3n) is 2.62. The molecule has 0 spiro atoms. The van der Waals surface area contributed by atoms with E-state index in [4.69, 9.17) is 23.2 Å². The third kappa shape index (κ3) is 3.22. The second-order valence-electron chi connectivity index (χ2n) is 3.88. The highest BCUT2D eigenvalue weighted by atomic mass is 35.5. The van der Waals surface area contributed by atoms with Gasteiger partial charge < -0.3 is 5.32 Å². The number of H-pyrrole nitrogens is 1. The molecule has 2 rings (SSSR count). The van der Waals surface area contributed by atoms with Crippen LogP contribution in [0, 0.1) is 0 Å². The molecular weight excluding hydrogens is 257 g/mol. The standard InChI is InChI=1S/C12H13Cl2N3/c1-8(10-6-16-17-7-10)15-5-9-2-3-11(13)12(14)4-9/h2-4,6-8,15H,5H2,1H3,(H,16,17). The SMILES string of the molecule is CC(NCc1ccc(Cl)c(Cl)c1)c1cn[nH]c1. The zero-order chi connectivity index (χ0) is 12.3. The molecular formula is C12H13Cl2N3. The van der Waals surface area contributed by atoms with Gasteiger partial charge in [0.05, 0.1) is 16.2 Å². The Morgan fingerprint density at radius 1 is 1.35 bits per heavy atom. The van der Waals surface area contributed by atoms with Crippen LogP contribution in [-0.4, -0.2) is 10.2 Å². The fourth-order valence-electron chi connectivity index (χ4n) is 1.54. The van der Waals surface area contributed by atoms with Crippen molar-refractivity contribution in [3.05, 3.63) is 51.8 Å². The maximum absolute atomic E-state index is 5.95. The van der Waals surface area contributed by atoms with Gasteiger partial charge in [-0.3, -0.25) is 5.10 Å². The Kier molecular flexibility index (Phi) is 4.05. The molecule has 17 heavy (non-hydrogen) atoms. The van der Waals surface area contributed by atoms with Crippen molar-refractivity contribution in [3.63, 3.8) is 0 Å². The molecule has 5 heteroatoms. The lowest BCUT2D eigenvalue weighted by atomic mass is 10.1. The summed E-state index contributed by atoms with van der Waals surface area (Å²) in [7, 11) is 0. The predicted octanol–water partition coefficient (Wildman–Crippen LogP) is 3.57. The number of halogens is 2. The topological polar surface area (TPSA) is 40.7 Å². The van der Waals surface area contributed by atoms with Crippen LogP contribution in [-0.2, 0) is 6.54 Å². The fourth-order valence-corrected chi connectivity index (χ4v) is 1.86. The average molecular weight is 270 g/mol. The van der Waals surface area contributed by atoms with E-state index in [2.05, 4.69) is 22.4 Å². The number of nitrogens with zero attached hydrogens (tertiary/aromatic N) is 1. The van der Waals surface area contributed by atoms with Gasteiger partial charge in [-0.2, -0.15) is 5.10 Å². The van der Waals surface area contributed by atoms with Gasteiger partial charge in [-0.05, 0) is 24.6 Å². The van der Waals surface area contributed by atoms with Gasteiger partial charge in [-0.25, -0.2) is 0 Å². The first-order valence-electron chi connectivity index (χ1n) is 5.33. The zero-order valence-electron chi connectivity index (χ0n) is 9.37. The van der Waals surface area contributed by atoms with Gasteiger partial charge in [0.25, 0.3) is 0 Å². The molecule has 0 aliphatic heterocycles. The molecule has 0 bridgehead atoms. The van der Waals surface area contributed by atoms with Gasteiger partial charge in [-0.15, -0.1) is 0 Å². The van der Waals surface area contributed by atoms with Gasteiger partial charge in [0.1, 0.15) is 0 Å². The van der Waals surface area contributed by atoms with E-state index >= 15 is 0 Å². The number of hydrogen-bond donors (Lipinski definition) is 2. The Morgan fingerprint density at radius 2 is 2.18 bits per heavy atom. The van der Waals surface area contributed by atoms with E-state index in [1.165, 1.54) is 0 Å². The molecule has 2 aromatic rings. The maximum atomic E-state index is 5.95. The van der Waals surface area contributed by atoms with Gasteiger partial charge in [0, 0.05) is 24.3 Å². The Morgan fingerprint density at radius 3 is 2.82 bits per heavy atom. The minimum Gasteiger partial charge on any atom is -0.306 e. The molecule has 0 aliphatic carbocycles. The summed E-state index contributed by atoms with van der Waals surface area (Å²) in [6, 6.07) is 5.88. The van der Waals surface area contributed by atoms with Gasteiger partial charge >= 0.3 is 0 Å². The van der Waals surface area contributed by atoms with Crippen LogP contribution in [0.15, 0.2) is 30.6 Å². The van der Waals surface area contributed by atoms with Gasteiger partial charge in [0.2, 0.25) is 0 Å². The first-order valence-corrected chi connectivity index (χ1v) is 6.08. The molecule has 1 atom stereocenters. The lowest BCUT2D eigenvalue weighted by Crippen LogP contribution is -2.17. The van der Waals surface area contributed by atoms with E-state index in [0.717, 1.165) is 17.7 Å². The van der Waals surface area contributed by atoms with E-state index in [0.29, 0.717) is 10.0 Å². The Labute approximate surface area is 110 Å². The van der Waals surface area contributed by atoms with Crippen LogP contribution in [0.1, 0.15) is 24.1 Å². The fraction of sp³-hybridized carbons (Fsp3) is 0.250. The Balaban J connectivity index is 1.96. The average Bonchev–Trinajstić information content (AvgIpc) is 2.84. The molecule has 90 valence electrons. The molecule has 3 nitrogen and oxygen atoms in total. The van der Waals surface area contributed by atoms with Crippen LogP contribution in [0.25, 0.3) is 0 Å². The van der Waals surface area contributed by atoms with E-state index in [1.54, 1.807) is 0 Å². The van der Waals surface area contributed by atoms with Crippen LogP contribution in [0.4, 0.5) is 0 Å². The van der Waals surface area contributed by atoms with Crippen LogP contribution in [0.3, 0.4) is 0 Å². The summed E-state index contributed by atoms with van der Waals surface area (Å²) in [5.74, 6) is 0. The Bertz CT molecular complexity index is 483. The van der Waals surface area contributed by atoms with E-state index < -0.39 is 0 Å². The van der Waals surface area contributed by atoms with E-state index in [-0.39, 0.29) is 6.04 Å². The Hall–Kier alpha value is -1.03.